The lowest BCUT2D eigenvalue weighted by Gasteiger charge is -2.03. The third-order valence-corrected chi connectivity index (χ3v) is 5.58. The molecule has 0 aliphatic carbocycles. The van der Waals surface area contributed by atoms with Gasteiger partial charge in [0.25, 0.3) is 0 Å². The highest BCUT2D eigenvalue weighted by Crippen LogP contribution is 2.33. The van der Waals surface area contributed by atoms with E-state index < -0.39 is 0 Å². The van der Waals surface area contributed by atoms with Crippen LogP contribution in [0.5, 0.6) is 0 Å². The number of benzene rings is 2. The van der Waals surface area contributed by atoms with Crippen LogP contribution in [0.15, 0.2) is 53.9 Å². The molecule has 4 aromatic rings. The highest BCUT2D eigenvalue weighted by molar-refractivity contribution is 7.15. The fourth-order valence-corrected chi connectivity index (χ4v) is 4.13. The van der Waals surface area contributed by atoms with E-state index in [9.17, 15) is 9.59 Å². The van der Waals surface area contributed by atoms with Crippen molar-refractivity contribution in [2.24, 2.45) is 0 Å². The smallest absolute Gasteiger partial charge is 0.250 e. The first-order chi connectivity index (χ1) is 14.0. The van der Waals surface area contributed by atoms with Crippen LogP contribution in [0.2, 0.25) is 10.0 Å². The molecule has 0 bridgehead atoms. The minimum absolute atomic E-state index is 0.0520. The van der Waals surface area contributed by atoms with E-state index in [0.717, 1.165) is 11.3 Å². The molecule has 6 nitrogen and oxygen atoms in total. The monoisotopic (exact) mass is 444 g/mol. The number of thiazole rings is 1. The second-order valence-electron chi connectivity index (χ2n) is 6.21. The molecule has 0 unspecified atom stereocenters. The molecule has 0 fully saturated rings. The Labute approximate surface area is 180 Å². The van der Waals surface area contributed by atoms with Crippen molar-refractivity contribution in [3.63, 3.8) is 0 Å². The number of hydrogen-bond donors (Lipinski definition) is 1. The van der Waals surface area contributed by atoms with E-state index in [1.54, 1.807) is 47.0 Å². The number of carbonyl (C=O) groups excluding carboxylic acids is 2. The number of rotatable bonds is 6. The molecular weight excluding hydrogens is 431 g/mol. The normalized spacial score (nSPS) is 11.0. The third kappa shape index (κ3) is 4.32. The Morgan fingerprint density at radius 1 is 1.07 bits per heavy atom. The quantitative estimate of drug-likeness (QED) is 0.405. The number of halogens is 2. The van der Waals surface area contributed by atoms with E-state index >= 15 is 0 Å². The van der Waals surface area contributed by atoms with Crippen LogP contribution in [0, 0.1) is 0 Å². The molecule has 0 saturated carbocycles. The van der Waals surface area contributed by atoms with Gasteiger partial charge >= 0.3 is 0 Å². The van der Waals surface area contributed by atoms with Gasteiger partial charge in [0.2, 0.25) is 16.8 Å². The Morgan fingerprint density at radius 3 is 2.62 bits per heavy atom. The molecule has 1 N–H and O–H groups in total. The van der Waals surface area contributed by atoms with Gasteiger partial charge in [0.05, 0.1) is 10.7 Å². The molecule has 1 amide bonds. The Hall–Kier alpha value is -2.74. The zero-order valence-corrected chi connectivity index (χ0v) is 17.3. The van der Waals surface area contributed by atoms with Crippen LogP contribution in [0.1, 0.15) is 23.2 Å². The van der Waals surface area contributed by atoms with Crippen LogP contribution >= 0.6 is 34.5 Å². The number of nitrogens with zero attached hydrogens (tertiary/aromatic N) is 3. The number of amides is 1. The number of anilines is 1. The maximum atomic E-state index is 12.2. The van der Waals surface area contributed by atoms with Gasteiger partial charge in [-0.3, -0.25) is 14.9 Å². The number of nitrogens with one attached hydrogen (secondary N) is 1. The predicted octanol–water partition coefficient (Wildman–Crippen LogP) is 5.37. The van der Waals surface area contributed by atoms with Crippen LogP contribution in [-0.4, -0.2) is 26.3 Å². The summed E-state index contributed by atoms with van der Waals surface area (Å²) in [5.74, 6) is -0.224. The zero-order chi connectivity index (χ0) is 20.4. The predicted molar refractivity (Wildman–Crippen MR) is 115 cm³/mol. The van der Waals surface area contributed by atoms with Gasteiger partial charge in [-0.25, -0.2) is 4.52 Å². The van der Waals surface area contributed by atoms with E-state index in [1.165, 1.54) is 11.3 Å². The lowest BCUT2D eigenvalue weighted by molar-refractivity contribution is -0.116. The third-order valence-electron chi connectivity index (χ3n) is 4.21. The number of hydrogen-bond acceptors (Lipinski definition) is 5. The van der Waals surface area contributed by atoms with Crippen molar-refractivity contribution < 1.29 is 9.59 Å². The largest absolute Gasteiger partial charge is 0.294 e. The summed E-state index contributed by atoms with van der Waals surface area (Å²) in [6.07, 6.45) is 0.167. The average molecular weight is 445 g/mol. The molecule has 0 aliphatic heterocycles. The summed E-state index contributed by atoms with van der Waals surface area (Å²) in [4.78, 5) is 29.3. The highest BCUT2D eigenvalue weighted by Gasteiger charge is 2.16. The van der Waals surface area contributed by atoms with Crippen LogP contribution < -0.4 is 5.32 Å². The molecule has 2 heterocycles. The van der Waals surface area contributed by atoms with Gasteiger partial charge < -0.3 is 0 Å². The lowest BCUT2D eigenvalue weighted by atomic mass is 10.1. The Balaban J connectivity index is 1.46. The summed E-state index contributed by atoms with van der Waals surface area (Å²) in [6.45, 7) is 0. The summed E-state index contributed by atoms with van der Waals surface area (Å²) < 4.78 is 1.62. The van der Waals surface area contributed by atoms with Crippen molar-refractivity contribution in [3.05, 3.63) is 69.5 Å². The van der Waals surface area contributed by atoms with Crippen LogP contribution in [0.4, 0.5) is 5.95 Å². The van der Waals surface area contributed by atoms with Gasteiger partial charge in [-0.05, 0) is 18.2 Å². The zero-order valence-electron chi connectivity index (χ0n) is 14.9. The Morgan fingerprint density at radius 2 is 1.86 bits per heavy atom. The number of Topliss-reactive ketones (excluding diaryl/α,β-unsaturated/α-hetero) is 1. The lowest BCUT2D eigenvalue weighted by Crippen LogP contribution is -2.14. The van der Waals surface area contributed by atoms with Gasteiger partial charge in [0.1, 0.15) is 0 Å². The first-order valence-corrected chi connectivity index (χ1v) is 10.3. The average Bonchev–Trinajstić information content (AvgIpc) is 3.27. The van der Waals surface area contributed by atoms with E-state index in [4.69, 9.17) is 23.2 Å². The number of ketones is 1. The van der Waals surface area contributed by atoms with E-state index in [0.29, 0.717) is 20.6 Å². The summed E-state index contributed by atoms with van der Waals surface area (Å²) in [7, 11) is 0. The summed E-state index contributed by atoms with van der Waals surface area (Å²) in [5.41, 5.74) is 2.10. The van der Waals surface area contributed by atoms with Gasteiger partial charge in [0.15, 0.2) is 5.78 Å². The molecule has 9 heteroatoms. The molecule has 4 rings (SSSR count). The second kappa shape index (κ2) is 8.32. The molecular formula is C20H14Cl2N4O2S. The standard InChI is InChI=1S/C20H14Cl2N4O2S/c21-13-6-7-14(15(22)10-13)16-11-29-20-24-19(25-26(16)20)23-18(28)9-8-17(27)12-4-2-1-3-5-12/h1-7,10-11H,8-9H2,(H,23,25,28). The van der Waals surface area contributed by atoms with Crippen molar-refractivity contribution in [1.29, 1.82) is 0 Å². The Kier molecular flexibility index (Phi) is 5.62. The molecule has 146 valence electrons. The maximum absolute atomic E-state index is 12.2. The fourth-order valence-electron chi connectivity index (χ4n) is 2.80. The molecule has 2 aromatic carbocycles. The molecule has 29 heavy (non-hydrogen) atoms. The van der Waals surface area contributed by atoms with Gasteiger partial charge in [-0.1, -0.05) is 53.5 Å². The van der Waals surface area contributed by atoms with Crippen molar-refractivity contribution in [1.82, 2.24) is 14.6 Å². The van der Waals surface area contributed by atoms with E-state index in [-0.39, 0.29) is 30.5 Å². The SMILES string of the molecule is O=C(CCC(=O)c1ccccc1)Nc1nc2scc(-c3ccc(Cl)cc3Cl)n2n1. The van der Waals surface area contributed by atoms with Crippen molar-refractivity contribution in [3.8, 4) is 11.3 Å². The number of fused-ring (bicyclic) bond motifs is 1. The first kappa shape index (κ1) is 19.6. The van der Waals surface area contributed by atoms with Crippen molar-refractivity contribution >= 4 is 57.1 Å². The molecule has 0 spiro atoms. The minimum atomic E-state index is -0.321. The maximum Gasteiger partial charge on any atom is 0.250 e. The molecule has 0 radical (unpaired) electrons. The van der Waals surface area contributed by atoms with Gasteiger partial charge in [-0.2, -0.15) is 4.98 Å². The minimum Gasteiger partial charge on any atom is -0.294 e. The summed E-state index contributed by atoms with van der Waals surface area (Å²) in [6, 6.07) is 14.1. The highest BCUT2D eigenvalue weighted by atomic mass is 35.5. The van der Waals surface area contributed by atoms with E-state index in [2.05, 4.69) is 15.4 Å². The Bertz CT molecular complexity index is 1200. The molecule has 2 aromatic heterocycles. The fraction of sp³-hybridized carbons (Fsp3) is 0.100. The van der Waals surface area contributed by atoms with Crippen molar-refractivity contribution in [2.75, 3.05) is 5.32 Å². The van der Waals surface area contributed by atoms with Crippen LogP contribution in [0.3, 0.4) is 0 Å². The van der Waals surface area contributed by atoms with Crippen LogP contribution in [-0.2, 0) is 4.79 Å². The van der Waals surface area contributed by atoms with Gasteiger partial charge in [0, 0.05) is 34.4 Å². The van der Waals surface area contributed by atoms with Crippen LogP contribution in [0.25, 0.3) is 16.2 Å². The molecule has 0 atom stereocenters. The van der Waals surface area contributed by atoms with Gasteiger partial charge in [-0.15, -0.1) is 16.4 Å². The molecule has 0 saturated heterocycles. The number of carbonyl (C=O) groups is 2. The summed E-state index contributed by atoms with van der Waals surface area (Å²) in [5, 5.41) is 9.92. The number of aromatic nitrogens is 3. The topological polar surface area (TPSA) is 76.4 Å². The van der Waals surface area contributed by atoms with Crippen molar-refractivity contribution in [2.45, 2.75) is 12.8 Å². The van der Waals surface area contributed by atoms with E-state index in [1.807, 2.05) is 11.4 Å². The second-order valence-corrected chi connectivity index (χ2v) is 7.89. The first-order valence-electron chi connectivity index (χ1n) is 8.69. The summed E-state index contributed by atoms with van der Waals surface area (Å²) >= 11 is 13.6. The molecule has 0 aliphatic rings.